The number of morpholine rings is 1. The molecule has 0 saturated carbocycles. The Hall–Kier alpha value is -1.79. The van der Waals surface area contributed by atoms with Gasteiger partial charge in [-0.3, -0.25) is 16.0 Å². The summed E-state index contributed by atoms with van der Waals surface area (Å²) in [5.41, 5.74) is 1.74. The van der Waals surface area contributed by atoms with E-state index in [9.17, 15) is 18.5 Å². The van der Waals surface area contributed by atoms with Crippen LogP contribution in [0.4, 0.5) is 11.4 Å². The molecule has 1 saturated heterocycles. The van der Waals surface area contributed by atoms with Crippen LogP contribution in [0.5, 0.6) is 0 Å². The van der Waals surface area contributed by atoms with Crippen molar-refractivity contribution in [3.05, 3.63) is 28.3 Å². The van der Waals surface area contributed by atoms with Gasteiger partial charge in [0.15, 0.2) is 0 Å². The minimum atomic E-state index is -3.83. The standard InChI is InChI=1S/C10H15N5O5S/c11-12-9-7-8(1-2-10(9)15(16)17)21(18,19)13-14-3-5-20-6-4-14/h1-2,7,12-13H,3-6,11H2. The third-order valence-electron chi connectivity index (χ3n) is 2.89. The highest BCUT2D eigenvalue weighted by Gasteiger charge is 2.23. The van der Waals surface area contributed by atoms with E-state index in [-0.39, 0.29) is 16.3 Å². The molecule has 0 unspecified atom stereocenters. The van der Waals surface area contributed by atoms with E-state index in [2.05, 4.69) is 10.3 Å². The van der Waals surface area contributed by atoms with Crippen LogP contribution in [0.1, 0.15) is 0 Å². The zero-order chi connectivity index (χ0) is 15.5. The average Bonchev–Trinajstić information content (AvgIpc) is 2.47. The molecule has 0 bridgehead atoms. The molecule has 0 spiro atoms. The van der Waals surface area contributed by atoms with E-state index in [1.165, 1.54) is 5.01 Å². The lowest BCUT2D eigenvalue weighted by Crippen LogP contribution is -2.48. The third-order valence-corrected chi connectivity index (χ3v) is 4.26. The second-order valence-corrected chi connectivity index (χ2v) is 5.94. The number of sulfonamides is 1. The van der Waals surface area contributed by atoms with Crippen LogP contribution in [0.3, 0.4) is 0 Å². The predicted molar refractivity (Wildman–Crippen MR) is 73.6 cm³/mol. The number of anilines is 1. The first-order valence-corrected chi connectivity index (χ1v) is 7.52. The Morgan fingerprint density at radius 2 is 2.00 bits per heavy atom. The first kappa shape index (κ1) is 15.6. The van der Waals surface area contributed by atoms with Crippen molar-refractivity contribution in [1.29, 1.82) is 0 Å². The number of nitrogens with zero attached hydrogens (tertiary/aromatic N) is 2. The molecule has 11 heteroatoms. The molecule has 1 aliphatic heterocycles. The Balaban J connectivity index is 2.25. The van der Waals surface area contributed by atoms with E-state index in [1.807, 2.05) is 0 Å². The maximum absolute atomic E-state index is 12.2. The van der Waals surface area contributed by atoms with Gasteiger partial charge in [0.05, 0.1) is 23.0 Å². The van der Waals surface area contributed by atoms with Crippen molar-refractivity contribution < 1.29 is 18.1 Å². The first-order chi connectivity index (χ1) is 9.94. The normalized spacial score (nSPS) is 16.6. The summed E-state index contributed by atoms with van der Waals surface area (Å²) in [5.74, 6) is 5.19. The van der Waals surface area contributed by atoms with Gasteiger partial charge in [-0.15, -0.1) is 4.83 Å². The van der Waals surface area contributed by atoms with Crippen molar-refractivity contribution >= 4 is 21.4 Å². The number of hydrogen-bond donors (Lipinski definition) is 3. The molecular formula is C10H15N5O5S. The van der Waals surface area contributed by atoms with Gasteiger partial charge < -0.3 is 10.2 Å². The van der Waals surface area contributed by atoms with Crippen molar-refractivity contribution in [3.63, 3.8) is 0 Å². The van der Waals surface area contributed by atoms with Gasteiger partial charge in [-0.2, -0.15) is 0 Å². The number of nitro benzene ring substituents is 1. The van der Waals surface area contributed by atoms with Gasteiger partial charge in [-0.1, -0.05) is 0 Å². The van der Waals surface area contributed by atoms with Gasteiger partial charge in [-0.05, 0) is 12.1 Å². The van der Waals surface area contributed by atoms with Gasteiger partial charge in [0.2, 0.25) is 0 Å². The number of ether oxygens (including phenoxy) is 1. The molecule has 10 nitrogen and oxygen atoms in total. The maximum Gasteiger partial charge on any atom is 0.293 e. The fourth-order valence-electron chi connectivity index (χ4n) is 1.83. The zero-order valence-corrected chi connectivity index (χ0v) is 11.8. The molecule has 0 radical (unpaired) electrons. The number of benzene rings is 1. The van der Waals surface area contributed by atoms with E-state index in [1.54, 1.807) is 0 Å². The van der Waals surface area contributed by atoms with Gasteiger partial charge in [-0.25, -0.2) is 13.4 Å². The second kappa shape index (κ2) is 6.32. The lowest BCUT2D eigenvalue weighted by Gasteiger charge is -2.26. The number of rotatable bonds is 5. The van der Waals surface area contributed by atoms with Crippen LogP contribution in [0.15, 0.2) is 23.1 Å². The van der Waals surface area contributed by atoms with E-state index < -0.39 is 14.9 Å². The van der Waals surface area contributed by atoms with Crippen LogP contribution in [0, 0.1) is 10.1 Å². The number of hydrogen-bond acceptors (Lipinski definition) is 8. The zero-order valence-electron chi connectivity index (χ0n) is 11.0. The summed E-state index contributed by atoms with van der Waals surface area (Å²) in [6.07, 6.45) is 0. The summed E-state index contributed by atoms with van der Waals surface area (Å²) in [6.45, 7) is 1.71. The summed E-state index contributed by atoms with van der Waals surface area (Å²) in [4.78, 5) is 12.4. The molecule has 116 valence electrons. The van der Waals surface area contributed by atoms with E-state index in [0.29, 0.717) is 26.3 Å². The fraction of sp³-hybridized carbons (Fsp3) is 0.400. The molecule has 21 heavy (non-hydrogen) atoms. The summed E-state index contributed by atoms with van der Waals surface area (Å²) in [5, 5.41) is 12.3. The third kappa shape index (κ3) is 3.65. The molecule has 0 aromatic heterocycles. The summed E-state index contributed by atoms with van der Waals surface area (Å²) in [6, 6.07) is 3.35. The van der Waals surface area contributed by atoms with Crippen LogP contribution in [-0.2, 0) is 14.8 Å². The Labute approximate surface area is 121 Å². The molecule has 1 fully saturated rings. The predicted octanol–water partition coefficient (Wildman–Crippen LogP) is -0.594. The maximum atomic E-state index is 12.2. The lowest BCUT2D eigenvalue weighted by atomic mass is 10.3. The Morgan fingerprint density at radius 3 is 2.57 bits per heavy atom. The van der Waals surface area contributed by atoms with Crippen molar-refractivity contribution in [2.24, 2.45) is 5.84 Å². The quantitative estimate of drug-likeness (QED) is 0.372. The molecule has 2 rings (SSSR count). The Kier molecular flexibility index (Phi) is 4.69. The highest BCUT2D eigenvalue weighted by atomic mass is 32.2. The first-order valence-electron chi connectivity index (χ1n) is 6.04. The van der Waals surface area contributed by atoms with Gasteiger partial charge >= 0.3 is 0 Å². The van der Waals surface area contributed by atoms with E-state index in [0.717, 1.165) is 18.2 Å². The number of hydrazine groups is 2. The van der Waals surface area contributed by atoms with E-state index >= 15 is 0 Å². The summed E-state index contributed by atoms with van der Waals surface area (Å²) in [7, 11) is -3.83. The van der Waals surface area contributed by atoms with Crippen molar-refractivity contribution in [3.8, 4) is 0 Å². The van der Waals surface area contributed by atoms with Crippen LogP contribution in [0.25, 0.3) is 0 Å². The number of nitrogens with one attached hydrogen (secondary N) is 2. The van der Waals surface area contributed by atoms with Crippen molar-refractivity contribution in [2.75, 3.05) is 31.7 Å². The molecule has 1 heterocycles. The molecule has 0 aliphatic carbocycles. The monoisotopic (exact) mass is 317 g/mol. The van der Waals surface area contributed by atoms with Crippen molar-refractivity contribution in [1.82, 2.24) is 9.84 Å². The topological polar surface area (TPSA) is 140 Å². The number of nitrogen functional groups attached to an aromatic ring is 1. The van der Waals surface area contributed by atoms with Gasteiger partial charge in [0.25, 0.3) is 15.7 Å². The Morgan fingerprint density at radius 1 is 1.33 bits per heavy atom. The highest BCUT2D eigenvalue weighted by Crippen LogP contribution is 2.26. The minimum Gasteiger partial charge on any atom is -0.379 e. The van der Waals surface area contributed by atoms with Crippen LogP contribution in [0.2, 0.25) is 0 Å². The molecule has 0 atom stereocenters. The molecule has 1 aromatic carbocycles. The molecular weight excluding hydrogens is 302 g/mol. The average molecular weight is 317 g/mol. The SMILES string of the molecule is NNc1cc(S(=O)(=O)NN2CCOCC2)ccc1[N+](=O)[O-]. The fourth-order valence-corrected chi connectivity index (χ4v) is 2.98. The molecule has 0 amide bonds. The molecule has 1 aliphatic rings. The van der Waals surface area contributed by atoms with Crippen molar-refractivity contribution in [2.45, 2.75) is 4.90 Å². The largest absolute Gasteiger partial charge is 0.379 e. The van der Waals surface area contributed by atoms with Gasteiger partial charge in [0, 0.05) is 19.2 Å². The Bertz CT molecular complexity index is 629. The van der Waals surface area contributed by atoms with E-state index in [4.69, 9.17) is 10.6 Å². The van der Waals surface area contributed by atoms with Gasteiger partial charge in [0.1, 0.15) is 5.69 Å². The summed E-state index contributed by atoms with van der Waals surface area (Å²) < 4.78 is 29.6. The minimum absolute atomic E-state index is 0.0788. The smallest absolute Gasteiger partial charge is 0.293 e. The number of nitrogens with two attached hydrogens (primary N) is 1. The summed E-state index contributed by atoms with van der Waals surface area (Å²) >= 11 is 0. The molecule has 1 aromatic rings. The highest BCUT2D eigenvalue weighted by molar-refractivity contribution is 7.89. The van der Waals surface area contributed by atoms with Crippen LogP contribution >= 0.6 is 0 Å². The molecule has 4 N–H and O–H groups in total. The van der Waals surface area contributed by atoms with Crippen LogP contribution < -0.4 is 16.1 Å². The van der Waals surface area contributed by atoms with Crippen LogP contribution in [-0.4, -0.2) is 44.7 Å². The number of nitro groups is 1. The lowest BCUT2D eigenvalue weighted by molar-refractivity contribution is -0.384. The second-order valence-electron chi connectivity index (χ2n) is 4.27.